The number of carbonyl (C=O) groups excluding carboxylic acids is 2. The number of nitrogens with one attached hydrogen (secondary N) is 1. The Morgan fingerprint density at radius 3 is 2.40 bits per heavy atom. The van der Waals surface area contributed by atoms with Gasteiger partial charge in [0.05, 0.1) is 31.3 Å². The molecule has 1 aromatic heterocycles. The van der Waals surface area contributed by atoms with Gasteiger partial charge in [0.25, 0.3) is 0 Å². The van der Waals surface area contributed by atoms with E-state index < -0.39 is 6.04 Å². The van der Waals surface area contributed by atoms with Gasteiger partial charge in [-0.15, -0.1) is 0 Å². The number of nitrogens with zero attached hydrogens (tertiary/aromatic N) is 3. The number of para-hydroxylation sites is 2. The van der Waals surface area contributed by atoms with Crippen LogP contribution < -0.4 is 19.7 Å². The molecule has 1 saturated carbocycles. The molecule has 1 aliphatic carbocycles. The average Bonchev–Trinajstić information content (AvgIpc) is 3.70. The molecule has 3 aromatic carbocycles. The molecule has 40 heavy (non-hydrogen) atoms. The van der Waals surface area contributed by atoms with Crippen molar-refractivity contribution in [1.29, 1.82) is 0 Å². The van der Waals surface area contributed by atoms with Crippen molar-refractivity contribution in [3.05, 3.63) is 101 Å². The van der Waals surface area contributed by atoms with Crippen LogP contribution in [-0.2, 0) is 4.79 Å². The van der Waals surface area contributed by atoms with Crippen molar-refractivity contribution in [3.8, 4) is 17.2 Å². The predicted octanol–water partition coefficient (Wildman–Crippen LogP) is 6.39. The van der Waals surface area contributed by atoms with Gasteiger partial charge in [-0.3, -0.25) is 9.69 Å². The Labute approximate surface area is 241 Å². The van der Waals surface area contributed by atoms with Gasteiger partial charge in [0.2, 0.25) is 5.91 Å². The van der Waals surface area contributed by atoms with Gasteiger partial charge < -0.3 is 24.3 Å². The molecule has 1 atom stereocenters. The zero-order chi connectivity index (χ0) is 27.8. The number of methoxy groups -OCH3 is 2. The van der Waals surface area contributed by atoms with E-state index in [-0.39, 0.29) is 24.5 Å². The largest absolute Gasteiger partial charge is 0.497 e. The molecule has 0 bridgehead atoms. The quantitative estimate of drug-likeness (QED) is 0.267. The molecule has 0 saturated heterocycles. The molecule has 2 aliphatic rings. The minimum absolute atomic E-state index is 0.0214. The van der Waals surface area contributed by atoms with Crippen LogP contribution >= 0.6 is 15.9 Å². The topological polar surface area (TPSA) is 76.0 Å². The van der Waals surface area contributed by atoms with Crippen molar-refractivity contribution in [2.75, 3.05) is 31.0 Å². The monoisotopic (exact) mass is 600 g/mol. The first-order chi connectivity index (χ1) is 19.5. The zero-order valence-electron chi connectivity index (χ0n) is 22.2. The van der Waals surface area contributed by atoms with E-state index >= 15 is 0 Å². The minimum atomic E-state index is -0.502. The van der Waals surface area contributed by atoms with Crippen molar-refractivity contribution in [3.63, 3.8) is 0 Å². The smallest absolute Gasteiger partial charge is 0.322 e. The first kappa shape index (κ1) is 26.0. The van der Waals surface area contributed by atoms with Crippen molar-refractivity contribution < 1.29 is 19.1 Å². The van der Waals surface area contributed by atoms with Gasteiger partial charge in [-0.05, 0) is 79.6 Å². The highest BCUT2D eigenvalue weighted by molar-refractivity contribution is 9.10. The lowest BCUT2D eigenvalue weighted by Crippen LogP contribution is -2.48. The number of amides is 3. The number of urea groups is 1. The van der Waals surface area contributed by atoms with Crippen LogP contribution in [0.3, 0.4) is 0 Å². The lowest BCUT2D eigenvalue weighted by atomic mass is 9.96. The first-order valence-electron chi connectivity index (χ1n) is 13.1. The van der Waals surface area contributed by atoms with Crippen molar-refractivity contribution in [2.45, 2.75) is 24.9 Å². The van der Waals surface area contributed by atoms with Crippen molar-refractivity contribution >= 4 is 39.2 Å². The van der Waals surface area contributed by atoms with Crippen LogP contribution in [0.1, 0.15) is 30.1 Å². The summed E-state index contributed by atoms with van der Waals surface area (Å²) in [5.74, 6) is 1.11. The Bertz CT molecular complexity index is 1560. The van der Waals surface area contributed by atoms with E-state index in [2.05, 4.69) is 25.8 Å². The summed E-state index contributed by atoms with van der Waals surface area (Å²) in [4.78, 5) is 31.3. The van der Waals surface area contributed by atoms with Gasteiger partial charge in [-0.25, -0.2) is 4.79 Å². The molecule has 204 valence electrons. The fourth-order valence-electron chi connectivity index (χ4n) is 5.31. The fourth-order valence-corrected chi connectivity index (χ4v) is 5.58. The normalized spacial score (nSPS) is 15.6. The van der Waals surface area contributed by atoms with Gasteiger partial charge in [0.1, 0.15) is 24.1 Å². The molecular formula is C31H29BrN4O4. The molecule has 1 aliphatic heterocycles. The molecule has 0 radical (unpaired) electrons. The lowest BCUT2D eigenvalue weighted by Gasteiger charge is -2.40. The number of hydrogen-bond donors (Lipinski definition) is 1. The van der Waals surface area contributed by atoms with Gasteiger partial charge in [0, 0.05) is 28.0 Å². The summed E-state index contributed by atoms with van der Waals surface area (Å²) in [6, 6.07) is 24.0. The second kappa shape index (κ2) is 10.7. The molecule has 1 N–H and O–H groups in total. The number of anilines is 2. The molecule has 9 heteroatoms. The zero-order valence-corrected chi connectivity index (χ0v) is 23.8. The Morgan fingerprint density at radius 2 is 1.70 bits per heavy atom. The van der Waals surface area contributed by atoms with Crippen LogP contribution in [0.25, 0.3) is 5.69 Å². The Balaban J connectivity index is 1.40. The molecule has 0 spiro atoms. The number of ether oxygens (including phenoxy) is 2. The summed E-state index contributed by atoms with van der Waals surface area (Å²) in [5, 5.41) is 2.96. The standard InChI is InChI=1S/C31H29BrN4O4/c1-39-23-15-16-28(40-2)24(18-23)30-27-8-5-17-34(27)25-6-3-4-7-26(25)36(30)29(37)19-35(22-13-14-22)31(38)33-21-11-9-20(32)10-12-21/h3-12,15-18,22,30H,13-14,19H2,1-2H3,(H,33,38). The third-order valence-electron chi connectivity index (χ3n) is 7.37. The van der Waals surface area contributed by atoms with Gasteiger partial charge >= 0.3 is 6.03 Å². The number of benzene rings is 3. The van der Waals surface area contributed by atoms with Crippen molar-refractivity contribution in [1.82, 2.24) is 9.47 Å². The highest BCUT2D eigenvalue weighted by Crippen LogP contribution is 2.45. The SMILES string of the molecule is COc1ccc(OC)c(C2c3cccn3-c3ccccc3N2C(=O)CN(C(=O)Nc2ccc(Br)cc2)C2CC2)c1. The predicted molar refractivity (Wildman–Crippen MR) is 158 cm³/mol. The van der Waals surface area contributed by atoms with E-state index in [0.717, 1.165) is 39.9 Å². The summed E-state index contributed by atoms with van der Waals surface area (Å²) in [5.41, 5.74) is 4.03. The molecule has 3 amide bonds. The second-order valence-electron chi connectivity index (χ2n) is 9.86. The number of rotatable bonds is 7. The summed E-state index contributed by atoms with van der Waals surface area (Å²) >= 11 is 3.42. The van der Waals surface area contributed by atoms with E-state index in [1.165, 1.54) is 0 Å². The van der Waals surface area contributed by atoms with Gasteiger partial charge in [-0.1, -0.05) is 28.1 Å². The number of fused-ring (bicyclic) bond motifs is 3. The maximum absolute atomic E-state index is 14.4. The van der Waals surface area contributed by atoms with Crippen LogP contribution in [0.15, 0.2) is 89.5 Å². The average molecular weight is 602 g/mol. The summed E-state index contributed by atoms with van der Waals surface area (Å²) in [6.45, 7) is -0.0646. The summed E-state index contributed by atoms with van der Waals surface area (Å²) in [7, 11) is 3.24. The molecule has 1 fully saturated rings. The summed E-state index contributed by atoms with van der Waals surface area (Å²) < 4.78 is 14.3. The molecule has 8 nitrogen and oxygen atoms in total. The van der Waals surface area contributed by atoms with Gasteiger partial charge in [-0.2, -0.15) is 0 Å². The number of aromatic nitrogens is 1. The lowest BCUT2D eigenvalue weighted by molar-refractivity contribution is -0.119. The third kappa shape index (κ3) is 4.81. The van der Waals surface area contributed by atoms with E-state index in [1.54, 1.807) is 24.0 Å². The van der Waals surface area contributed by atoms with Crippen LogP contribution in [0.2, 0.25) is 0 Å². The molecule has 6 rings (SSSR count). The third-order valence-corrected chi connectivity index (χ3v) is 7.90. The number of halogens is 1. The minimum Gasteiger partial charge on any atom is -0.497 e. The molecular weight excluding hydrogens is 572 g/mol. The van der Waals surface area contributed by atoms with E-state index in [0.29, 0.717) is 17.2 Å². The Kier molecular flexibility index (Phi) is 6.98. The fraction of sp³-hybridized carbons (Fsp3) is 0.226. The highest BCUT2D eigenvalue weighted by atomic mass is 79.9. The van der Waals surface area contributed by atoms with Gasteiger partial charge in [0.15, 0.2) is 0 Å². The molecule has 4 aromatic rings. The Hall–Kier alpha value is -4.24. The van der Waals surface area contributed by atoms with Crippen LogP contribution in [0.5, 0.6) is 11.5 Å². The van der Waals surface area contributed by atoms with E-state index in [4.69, 9.17) is 9.47 Å². The first-order valence-corrected chi connectivity index (χ1v) is 13.9. The van der Waals surface area contributed by atoms with E-state index in [9.17, 15) is 9.59 Å². The van der Waals surface area contributed by atoms with Crippen LogP contribution in [0.4, 0.5) is 16.2 Å². The second-order valence-corrected chi connectivity index (χ2v) is 10.8. The van der Waals surface area contributed by atoms with E-state index in [1.807, 2.05) is 85.1 Å². The van der Waals surface area contributed by atoms with Crippen LogP contribution in [0, 0.1) is 0 Å². The maximum atomic E-state index is 14.4. The maximum Gasteiger partial charge on any atom is 0.322 e. The summed E-state index contributed by atoms with van der Waals surface area (Å²) in [6.07, 6.45) is 3.74. The molecule has 1 unspecified atom stereocenters. The Morgan fingerprint density at radius 1 is 0.950 bits per heavy atom. The number of hydrogen-bond acceptors (Lipinski definition) is 4. The van der Waals surface area contributed by atoms with Crippen LogP contribution in [-0.4, -0.2) is 48.2 Å². The highest BCUT2D eigenvalue weighted by Gasteiger charge is 2.41. The van der Waals surface area contributed by atoms with Crippen molar-refractivity contribution in [2.24, 2.45) is 0 Å². The number of carbonyl (C=O) groups is 2. The molecule has 2 heterocycles.